The molecule has 1 heterocycles. The van der Waals surface area contributed by atoms with E-state index in [4.69, 9.17) is 9.52 Å². The number of amides is 1. The summed E-state index contributed by atoms with van der Waals surface area (Å²) in [5.74, 6) is -0.0259. The van der Waals surface area contributed by atoms with Crippen LogP contribution in [0.4, 0.5) is 0 Å². The molecule has 0 spiro atoms. The summed E-state index contributed by atoms with van der Waals surface area (Å²) in [5, 5.41) is 11.7. The summed E-state index contributed by atoms with van der Waals surface area (Å²) in [5.41, 5.74) is 0.123. The summed E-state index contributed by atoms with van der Waals surface area (Å²) in [6.07, 6.45) is -0.106. The highest BCUT2D eigenvalue weighted by Crippen LogP contribution is 2.23. The van der Waals surface area contributed by atoms with E-state index in [1.165, 1.54) is 0 Å². The lowest BCUT2D eigenvalue weighted by Crippen LogP contribution is -2.45. The van der Waals surface area contributed by atoms with Crippen LogP contribution in [-0.4, -0.2) is 23.0 Å². The van der Waals surface area contributed by atoms with Gasteiger partial charge in [0.05, 0.1) is 12.0 Å². The van der Waals surface area contributed by atoms with Gasteiger partial charge in [-0.15, -0.1) is 0 Å². The molecular weight excluding hydrogens is 246 g/mol. The Bertz CT molecular complexity index is 482. The molecule has 2 N–H and O–H groups in total. The van der Waals surface area contributed by atoms with E-state index in [1.807, 2.05) is 20.8 Å². The van der Waals surface area contributed by atoms with Crippen molar-refractivity contribution in [2.45, 2.75) is 47.1 Å². The number of aliphatic carboxylic acids is 1. The van der Waals surface area contributed by atoms with Crippen molar-refractivity contribution >= 4 is 11.9 Å². The third-order valence-corrected chi connectivity index (χ3v) is 3.02. The molecule has 1 rings (SSSR count). The van der Waals surface area contributed by atoms with Gasteiger partial charge < -0.3 is 14.8 Å². The van der Waals surface area contributed by atoms with Gasteiger partial charge in [-0.25, -0.2) is 0 Å². The van der Waals surface area contributed by atoms with Crippen LogP contribution in [0.15, 0.2) is 10.5 Å². The lowest BCUT2D eigenvalue weighted by molar-refractivity contribution is -0.138. The third-order valence-electron chi connectivity index (χ3n) is 3.02. The Labute approximate surface area is 113 Å². The van der Waals surface area contributed by atoms with E-state index in [0.29, 0.717) is 17.1 Å². The van der Waals surface area contributed by atoms with E-state index in [9.17, 15) is 9.59 Å². The van der Waals surface area contributed by atoms with E-state index >= 15 is 0 Å². The molecule has 1 aromatic rings. The molecule has 0 saturated carbocycles. The van der Waals surface area contributed by atoms with Gasteiger partial charge in [0.15, 0.2) is 0 Å². The first kappa shape index (κ1) is 15.3. The number of nitrogens with one attached hydrogen (secondary N) is 1. The van der Waals surface area contributed by atoms with Crippen molar-refractivity contribution in [1.29, 1.82) is 0 Å². The van der Waals surface area contributed by atoms with E-state index < -0.39 is 12.0 Å². The monoisotopic (exact) mass is 267 g/mol. The summed E-state index contributed by atoms with van der Waals surface area (Å²) in [4.78, 5) is 23.0. The fourth-order valence-electron chi connectivity index (χ4n) is 1.84. The fraction of sp³-hybridized carbons (Fsp3) is 0.571. The summed E-state index contributed by atoms with van der Waals surface area (Å²) in [7, 11) is 0. The Balaban J connectivity index is 2.88. The van der Waals surface area contributed by atoms with Crippen LogP contribution in [0, 0.1) is 19.3 Å². The van der Waals surface area contributed by atoms with Gasteiger partial charge in [0.1, 0.15) is 11.5 Å². The summed E-state index contributed by atoms with van der Waals surface area (Å²) in [6.45, 7) is 9.17. The molecule has 0 fully saturated rings. The largest absolute Gasteiger partial charge is 0.481 e. The minimum atomic E-state index is -0.930. The van der Waals surface area contributed by atoms with Gasteiger partial charge >= 0.3 is 5.97 Å². The first-order valence-electron chi connectivity index (χ1n) is 6.21. The molecule has 1 unspecified atom stereocenters. The second-order valence-corrected chi connectivity index (χ2v) is 5.82. The Morgan fingerprint density at radius 2 is 1.95 bits per heavy atom. The van der Waals surface area contributed by atoms with Gasteiger partial charge in [-0.05, 0) is 25.3 Å². The van der Waals surface area contributed by atoms with Crippen LogP contribution in [0.2, 0.25) is 0 Å². The van der Waals surface area contributed by atoms with Crippen LogP contribution in [0.25, 0.3) is 0 Å². The van der Waals surface area contributed by atoms with Crippen molar-refractivity contribution in [2.75, 3.05) is 0 Å². The average Bonchev–Trinajstić information content (AvgIpc) is 2.54. The van der Waals surface area contributed by atoms with Gasteiger partial charge in [-0.2, -0.15) is 0 Å². The highest BCUT2D eigenvalue weighted by atomic mass is 16.4. The van der Waals surface area contributed by atoms with Crippen LogP contribution >= 0.6 is 0 Å². The molecule has 1 aromatic heterocycles. The number of rotatable bonds is 4. The van der Waals surface area contributed by atoms with Crippen molar-refractivity contribution in [3.8, 4) is 0 Å². The molecule has 5 heteroatoms. The number of hydrogen-bond donors (Lipinski definition) is 2. The van der Waals surface area contributed by atoms with Crippen LogP contribution in [-0.2, 0) is 4.79 Å². The highest BCUT2D eigenvalue weighted by Gasteiger charge is 2.29. The Hall–Kier alpha value is -1.78. The molecule has 0 bridgehead atoms. The molecule has 19 heavy (non-hydrogen) atoms. The van der Waals surface area contributed by atoms with E-state index in [1.54, 1.807) is 19.9 Å². The minimum absolute atomic E-state index is 0.106. The molecule has 0 aliphatic carbocycles. The zero-order valence-electron chi connectivity index (χ0n) is 12.0. The second kappa shape index (κ2) is 5.47. The van der Waals surface area contributed by atoms with Crippen LogP contribution in [0.1, 0.15) is 49.1 Å². The zero-order chi connectivity index (χ0) is 14.8. The zero-order valence-corrected chi connectivity index (χ0v) is 12.0. The number of carboxylic acids is 1. The molecule has 0 aliphatic heterocycles. The number of furan rings is 1. The maximum absolute atomic E-state index is 12.2. The highest BCUT2D eigenvalue weighted by molar-refractivity contribution is 5.95. The lowest BCUT2D eigenvalue weighted by atomic mass is 9.84. The molecule has 0 aromatic carbocycles. The molecule has 0 radical (unpaired) electrons. The van der Waals surface area contributed by atoms with Crippen LogP contribution < -0.4 is 5.32 Å². The predicted octanol–water partition coefficient (Wildman–Crippen LogP) is 2.52. The van der Waals surface area contributed by atoms with Crippen LogP contribution in [0.3, 0.4) is 0 Å². The van der Waals surface area contributed by atoms with Crippen molar-refractivity contribution in [2.24, 2.45) is 5.41 Å². The molecule has 1 atom stereocenters. The SMILES string of the molecule is Cc1cc(C(=O)NC(CC(=O)O)C(C)(C)C)c(C)o1. The summed E-state index contributed by atoms with van der Waals surface area (Å²) >= 11 is 0. The number of carbonyl (C=O) groups excluding carboxylic acids is 1. The maximum atomic E-state index is 12.2. The average molecular weight is 267 g/mol. The smallest absolute Gasteiger partial charge is 0.305 e. The standard InChI is InChI=1S/C14H21NO4/c1-8-6-10(9(2)19-8)13(18)15-11(7-12(16)17)14(3,4)5/h6,11H,7H2,1-5H3,(H,15,18)(H,16,17). The molecule has 0 saturated heterocycles. The Kier molecular flexibility index (Phi) is 4.39. The van der Waals surface area contributed by atoms with E-state index in [-0.39, 0.29) is 17.7 Å². The van der Waals surface area contributed by atoms with Gasteiger partial charge in [-0.3, -0.25) is 9.59 Å². The quantitative estimate of drug-likeness (QED) is 0.878. The number of carboxylic acid groups (broad SMARTS) is 1. The molecule has 106 valence electrons. The van der Waals surface area contributed by atoms with Crippen molar-refractivity contribution < 1.29 is 19.1 Å². The Morgan fingerprint density at radius 3 is 2.32 bits per heavy atom. The maximum Gasteiger partial charge on any atom is 0.305 e. The number of hydrogen-bond acceptors (Lipinski definition) is 3. The first-order valence-corrected chi connectivity index (χ1v) is 6.21. The molecule has 5 nitrogen and oxygen atoms in total. The third kappa shape index (κ3) is 4.12. The van der Waals surface area contributed by atoms with Gasteiger partial charge in [0, 0.05) is 6.04 Å². The first-order chi connectivity index (χ1) is 8.61. The van der Waals surface area contributed by atoms with Crippen molar-refractivity contribution in [3.63, 3.8) is 0 Å². The number of aryl methyl sites for hydroxylation is 2. The van der Waals surface area contributed by atoms with Crippen molar-refractivity contribution in [3.05, 3.63) is 23.2 Å². The normalized spacial score (nSPS) is 13.1. The van der Waals surface area contributed by atoms with Crippen LogP contribution in [0.5, 0.6) is 0 Å². The number of carbonyl (C=O) groups is 2. The fourth-order valence-corrected chi connectivity index (χ4v) is 1.84. The van der Waals surface area contributed by atoms with E-state index in [0.717, 1.165) is 0 Å². The van der Waals surface area contributed by atoms with Gasteiger partial charge in [-0.1, -0.05) is 20.8 Å². The van der Waals surface area contributed by atoms with Crippen molar-refractivity contribution in [1.82, 2.24) is 5.32 Å². The lowest BCUT2D eigenvalue weighted by Gasteiger charge is -2.30. The summed E-state index contributed by atoms with van der Waals surface area (Å²) in [6, 6.07) is 1.22. The topological polar surface area (TPSA) is 79.5 Å². The Morgan fingerprint density at radius 1 is 1.37 bits per heavy atom. The van der Waals surface area contributed by atoms with E-state index in [2.05, 4.69) is 5.32 Å². The van der Waals surface area contributed by atoms with Gasteiger partial charge in [0.2, 0.25) is 0 Å². The predicted molar refractivity (Wildman–Crippen MR) is 71.1 cm³/mol. The molecule has 0 aliphatic rings. The molecule has 1 amide bonds. The summed E-state index contributed by atoms with van der Waals surface area (Å²) < 4.78 is 5.31. The second-order valence-electron chi connectivity index (χ2n) is 5.82. The minimum Gasteiger partial charge on any atom is -0.481 e. The molecular formula is C14H21NO4. The van der Waals surface area contributed by atoms with Gasteiger partial charge in [0.25, 0.3) is 5.91 Å².